The lowest BCUT2D eigenvalue weighted by molar-refractivity contribution is 1.28. The largest absolute Gasteiger partial charge is 0.243 e. The summed E-state index contributed by atoms with van der Waals surface area (Å²) in [6, 6.07) is 26.7. The van der Waals surface area contributed by atoms with E-state index in [4.69, 9.17) is 9.97 Å². The minimum atomic E-state index is 0.740. The van der Waals surface area contributed by atoms with Gasteiger partial charge < -0.3 is 0 Å². The molecule has 2 radical (unpaired) electrons. The molecule has 4 aromatic rings. The van der Waals surface area contributed by atoms with E-state index >= 15 is 0 Å². The fourth-order valence-corrected chi connectivity index (χ4v) is 2.70. The van der Waals surface area contributed by atoms with Crippen molar-refractivity contribution >= 4 is 11.0 Å². The summed E-state index contributed by atoms with van der Waals surface area (Å²) < 4.78 is 0. The third-order valence-electron chi connectivity index (χ3n) is 4.07. The van der Waals surface area contributed by atoms with Gasteiger partial charge in [-0.2, -0.15) is 0 Å². The molecule has 3 aromatic carbocycles. The third kappa shape index (κ3) is 2.67. The van der Waals surface area contributed by atoms with Crippen molar-refractivity contribution < 1.29 is 0 Å². The van der Waals surface area contributed by atoms with Crippen LogP contribution < -0.4 is 0 Å². The van der Waals surface area contributed by atoms with Gasteiger partial charge >= 0.3 is 0 Å². The van der Waals surface area contributed by atoms with Crippen molar-refractivity contribution in [3.8, 4) is 22.5 Å². The molecular weight excluding hydrogens is 292 g/mol. The lowest BCUT2D eigenvalue weighted by Gasteiger charge is -2.11. The zero-order valence-electron chi connectivity index (χ0n) is 13.7. The first kappa shape index (κ1) is 14.6. The van der Waals surface area contributed by atoms with Gasteiger partial charge in [0.2, 0.25) is 0 Å². The standard InChI is InChI=1S/C22H16N2/c1-15-7-11-17(12-8-15)21-22(18-13-9-16(2)10-14-18)24-20-6-4-3-5-19(20)23-21/h3-4,7-14H,1-2H3. The maximum atomic E-state index is 4.82. The average Bonchev–Trinajstić information content (AvgIpc) is 2.62. The number of fused-ring (bicyclic) bond motifs is 1. The maximum absolute atomic E-state index is 4.82. The topological polar surface area (TPSA) is 25.8 Å². The minimum absolute atomic E-state index is 0.740. The summed E-state index contributed by atoms with van der Waals surface area (Å²) in [7, 11) is 0. The van der Waals surface area contributed by atoms with E-state index in [1.807, 2.05) is 12.1 Å². The highest BCUT2D eigenvalue weighted by Gasteiger charge is 2.13. The summed E-state index contributed by atoms with van der Waals surface area (Å²) in [5.41, 5.74) is 7.80. The summed E-state index contributed by atoms with van der Waals surface area (Å²) in [4.78, 5) is 9.65. The molecule has 24 heavy (non-hydrogen) atoms. The van der Waals surface area contributed by atoms with Crippen molar-refractivity contribution in [3.63, 3.8) is 0 Å². The van der Waals surface area contributed by atoms with Crippen LogP contribution in [0.3, 0.4) is 0 Å². The van der Waals surface area contributed by atoms with Crippen molar-refractivity contribution in [2.75, 3.05) is 0 Å². The summed E-state index contributed by atoms with van der Waals surface area (Å²) in [6.07, 6.45) is 0. The van der Waals surface area contributed by atoms with Crippen molar-refractivity contribution in [1.82, 2.24) is 9.97 Å². The molecular formula is C22H16N2. The van der Waals surface area contributed by atoms with E-state index < -0.39 is 0 Å². The Bertz CT molecular complexity index is 916. The molecule has 114 valence electrons. The van der Waals surface area contributed by atoms with Gasteiger partial charge in [-0.15, -0.1) is 0 Å². The number of benzene rings is 3. The molecule has 0 saturated heterocycles. The molecule has 4 rings (SSSR count). The van der Waals surface area contributed by atoms with Crippen LogP contribution in [0.4, 0.5) is 0 Å². The molecule has 0 aliphatic rings. The molecule has 0 atom stereocenters. The second kappa shape index (κ2) is 5.89. The molecule has 2 heteroatoms. The van der Waals surface area contributed by atoms with Crippen LogP contribution in [0.1, 0.15) is 11.1 Å². The van der Waals surface area contributed by atoms with Crippen LogP contribution in [-0.4, -0.2) is 9.97 Å². The van der Waals surface area contributed by atoms with Gasteiger partial charge in [0.15, 0.2) is 0 Å². The van der Waals surface area contributed by atoms with E-state index in [1.165, 1.54) is 11.1 Å². The third-order valence-corrected chi connectivity index (χ3v) is 4.07. The van der Waals surface area contributed by atoms with Gasteiger partial charge in [-0.25, -0.2) is 9.97 Å². The van der Waals surface area contributed by atoms with Crippen LogP contribution in [0.2, 0.25) is 0 Å². The lowest BCUT2D eigenvalue weighted by Crippen LogP contribution is -1.95. The Morgan fingerprint density at radius 1 is 0.583 bits per heavy atom. The Morgan fingerprint density at radius 2 is 0.958 bits per heavy atom. The lowest BCUT2D eigenvalue weighted by atomic mass is 10.0. The van der Waals surface area contributed by atoms with Crippen molar-refractivity contribution in [1.29, 1.82) is 0 Å². The van der Waals surface area contributed by atoms with E-state index in [1.54, 1.807) is 0 Å². The SMILES string of the molecule is Cc1ccc(-c2nc3[c]cc[c]c3nc2-c2ccc(C)cc2)cc1. The molecule has 0 aliphatic heterocycles. The van der Waals surface area contributed by atoms with Gasteiger partial charge in [0.25, 0.3) is 0 Å². The van der Waals surface area contributed by atoms with Gasteiger partial charge in [-0.05, 0) is 13.8 Å². The van der Waals surface area contributed by atoms with Crippen molar-refractivity contribution in [2.45, 2.75) is 13.8 Å². The molecule has 0 aliphatic carbocycles. The highest BCUT2D eigenvalue weighted by molar-refractivity contribution is 5.85. The molecule has 0 saturated carbocycles. The van der Waals surface area contributed by atoms with E-state index in [2.05, 4.69) is 74.5 Å². The predicted molar refractivity (Wildman–Crippen MR) is 97.6 cm³/mol. The fraction of sp³-hybridized carbons (Fsp3) is 0.0909. The molecule has 0 fully saturated rings. The van der Waals surface area contributed by atoms with Gasteiger partial charge in [-0.1, -0.05) is 71.8 Å². The van der Waals surface area contributed by atoms with E-state index in [9.17, 15) is 0 Å². The predicted octanol–water partition coefficient (Wildman–Crippen LogP) is 5.18. The molecule has 1 aromatic heterocycles. The zero-order chi connectivity index (χ0) is 16.5. The summed E-state index contributed by atoms with van der Waals surface area (Å²) >= 11 is 0. The first-order valence-electron chi connectivity index (χ1n) is 7.95. The Hall–Kier alpha value is -3.00. The maximum Gasteiger partial charge on any atom is 0.0980 e. The normalized spacial score (nSPS) is 10.9. The Kier molecular flexibility index (Phi) is 3.58. The highest BCUT2D eigenvalue weighted by Crippen LogP contribution is 2.31. The van der Waals surface area contributed by atoms with Crippen LogP contribution in [0, 0.1) is 26.0 Å². The Labute approximate surface area is 141 Å². The fourth-order valence-electron chi connectivity index (χ4n) is 2.70. The average molecular weight is 308 g/mol. The molecule has 0 amide bonds. The van der Waals surface area contributed by atoms with Crippen LogP contribution >= 0.6 is 0 Å². The molecule has 0 spiro atoms. The van der Waals surface area contributed by atoms with Crippen molar-refractivity contribution in [2.24, 2.45) is 0 Å². The van der Waals surface area contributed by atoms with Gasteiger partial charge in [-0.3, -0.25) is 0 Å². The van der Waals surface area contributed by atoms with E-state index in [0.29, 0.717) is 0 Å². The first-order valence-corrected chi connectivity index (χ1v) is 7.95. The van der Waals surface area contributed by atoms with E-state index in [-0.39, 0.29) is 0 Å². The van der Waals surface area contributed by atoms with Gasteiger partial charge in [0, 0.05) is 23.3 Å². The summed E-state index contributed by atoms with van der Waals surface area (Å²) in [5, 5.41) is 0. The molecule has 1 heterocycles. The quantitative estimate of drug-likeness (QED) is 0.510. The number of aryl methyl sites for hydroxylation is 2. The van der Waals surface area contributed by atoms with Crippen molar-refractivity contribution in [3.05, 3.63) is 83.9 Å². The van der Waals surface area contributed by atoms with Crippen LogP contribution in [-0.2, 0) is 0 Å². The van der Waals surface area contributed by atoms with E-state index in [0.717, 1.165) is 33.5 Å². The van der Waals surface area contributed by atoms with Crippen LogP contribution in [0.15, 0.2) is 60.7 Å². The summed E-state index contributed by atoms with van der Waals surface area (Å²) in [5.74, 6) is 0. The molecule has 0 N–H and O–H groups in total. The number of hydrogen-bond donors (Lipinski definition) is 0. The minimum Gasteiger partial charge on any atom is -0.243 e. The summed E-state index contributed by atoms with van der Waals surface area (Å²) in [6.45, 7) is 4.17. The highest BCUT2D eigenvalue weighted by atomic mass is 14.8. The Morgan fingerprint density at radius 3 is 1.33 bits per heavy atom. The number of nitrogens with zero attached hydrogens (tertiary/aromatic N) is 2. The zero-order valence-corrected chi connectivity index (χ0v) is 13.7. The number of hydrogen-bond acceptors (Lipinski definition) is 2. The van der Waals surface area contributed by atoms with Crippen LogP contribution in [0.25, 0.3) is 33.5 Å². The molecule has 0 unspecified atom stereocenters. The Balaban J connectivity index is 2.00. The van der Waals surface area contributed by atoms with Crippen LogP contribution in [0.5, 0.6) is 0 Å². The smallest absolute Gasteiger partial charge is 0.0980 e. The first-order chi connectivity index (χ1) is 11.7. The van der Waals surface area contributed by atoms with Gasteiger partial charge in [0.05, 0.1) is 22.4 Å². The molecule has 0 bridgehead atoms. The number of rotatable bonds is 2. The second-order valence-electron chi connectivity index (χ2n) is 5.97. The molecule has 2 nitrogen and oxygen atoms in total. The van der Waals surface area contributed by atoms with Gasteiger partial charge in [0.1, 0.15) is 0 Å². The second-order valence-corrected chi connectivity index (χ2v) is 5.97. The monoisotopic (exact) mass is 308 g/mol. The number of aromatic nitrogens is 2.